The van der Waals surface area contributed by atoms with Crippen LogP contribution in [0.1, 0.15) is 15.9 Å². The molecule has 1 aromatic carbocycles. The minimum Gasteiger partial charge on any atom is -0.496 e. The maximum atomic E-state index is 12.3. The Morgan fingerprint density at radius 3 is 2.84 bits per heavy atom. The highest BCUT2D eigenvalue weighted by molar-refractivity contribution is 9.10. The number of nitrogens with one attached hydrogen (secondary N) is 1. The van der Waals surface area contributed by atoms with Crippen LogP contribution in [0.3, 0.4) is 0 Å². The minimum atomic E-state index is -0.228. The predicted molar refractivity (Wildman–Crippen MR) is 77.6 cm³/mol. The van der Waals surface area contributed by atoms with Crippen LogP contribution in [0.15, 0.2) is 41.1 Å². The van der Waals surface area contributed by atoms with Crippen molar-refractivity contribution in [2.24, 2.45) is 0 Å². The standard InChI is InChI=1S/C14H13BrN2O2/c1-9-6-10(15)7-12(13(9)19-2)14(18)17-11-4-3-5-16-8-11/h3-8H,1-2H3,(H,17,18). The van der Waals surface area contributed by atoms with E-state index in [1.807, 2.05) is 13.0 Å². The molecule has 0 radical (unpaired) electrons. The fraction of sp³-hybridized carbons (Fsp3) is 0.143. The third-order valence-corrected chi connectivity index (χ3v) is 3.07. The van der Waals surface area contributed by atoms with E-state index in [4.69, 9.17) is 4.74 Å². The Balaban J connectivity index is 2.33. The van der Waals surface area contributed by atoms with E-state index in [1.165, 1.54) is 0 Å². The number of aryl methyl sites for hydroxylation is 1. The molecule has 1 heterocycles. The number of carbonyl (C=O) groups excluding carboxylic acids is 1. The minimum absolute atomic E-state index is 0.228. The Kier molecular flexibility index (Phi) is 4.16. The molecule has 0 saturated carbocycles. The highest BCUT2D eigenvalue weighted by atomic mass is 79.9. The van der Waals surface area contributed by atoms with Gasteiger partial charge in [-0.05, 0) is 36.8 Å². The zero-order valence-corrected chi connectivity index (χ0v) is 12.2. The first-order valence-corrected chi connectivity index (χ1v) is 6.46. The molecule has 0 aliphatic rings. The summed E-state index contributed by atoms with van der Waals surface area (Å²) in [4.78, 5) is 16.2. The van der Waals surface area contributed by atoms with E-state index >= 15 is 0 Å². The summed E-state index contributed by atoms with van der Waals surface area (Å²) in [5.74, 6) is 0.346. The molecule has 0 aliphatic heterocycles. The summed E-state index contributed by atoms with van der Waals surface area (Å²) in [6, 6.07) is 7.18. The lowest BCUT2D eigenvalue weighted by atomic mass is 10.1. The highest BCUT2D eigenvalue weighted by Crippen LogP contribution is 2.28. The second-order valence-electron chi connectivity index (χ2n) is 4.00. The number of carbonyl (C=O) groups is 1. The van der Waals surface area contributed by atoms with Crippen LogP contribution in [0, 0.1) is 6.92 Å². The van der Waals surface area contributed by atoms with Gasteiger partial charge in [0, 0.05) is 10.7 Å². The summed E-state index contributed by atoms with van der Waals surface area (Å²) in [6.45, 7) is 1.89. The van der Waals surface area contributed by atoms with Gasteiger partial charge < -0.3 is 10.1 Å². The number of pyridine rings is 1. The average molecular weight is 321 g/mol. The van der Waals surface area contributed by atoms with Crippen molar-refractivity contribution >= 4 is 27.5 Å². The maximum absolute atomic E-state index is 12.3. The van der Waals surface area contributed by atoms with E-state index in [0.29, 0.717) is 17.0 Å². The van der Waals surface area contributed by atoms with Crippen molar-refractivity contribution in [3.63, 3.8) is 0 Å². The number of anilines is 1. The summed E-state index contributed by atoms with van der Waals surface area (Å²) in [5.41, 5.74) is 2.03. The first kappa shape index (κ1) is 13.5. The van der Waals surface area contributed by atoms with Gasteiger partial charge in [0.1, 0.15) is 5.75 Å². The van der Waals surface area contributed by atoms with Crippen LogP contribution in [-0.4, -0.2) is 18.0 Å². The van der Waals surface area contributed by atoms with Crippen LogP contribution in [-0.2, 0) is 0 Å². The molecule has 0 atom stereocenters. The van der Waals surface area contributed by atoms with Gasteiger partial charge in [0.25, 0.3) is 5.91 Å². The Bertz CT molecular complexity index is 600. The molecule has 2 rings (SSSR count). The molecule has 1 amide bonds. The van der Waals surface area contributed by atoms with Gasteiger partial charge in [0.2, 0.25) is 0 Å². The third kappa shape index (κ3) is 3.12. The normalized spacial score (nSPS) is 10.1. The van der Waals surface area contributed by atoms with Crippen molar-refractivity contribution < 1.29 is 9.53 Å². The molecule has 1 aromatic heterocycles. The molecule has 4 nitrogen and oxygen atoms in total. The molecule has 0 aliphatic carbocycles. The van der Waals surface area contributed by atoms with E-state index in [-0.39, 0.29) is 5.91 Å². The zero-order chi connectivity index (χ0) is 13.8. The molecular formula is C14H13BrN2O2. The summed E-state index contributed by atoms with van der Waals surface area (Å²) in [6.07, 6.45) is 3.24. The second kappa shape index (κ2) is 5.84. The molecule has 0 fully saturated rings. The summed E-state index contributed by atoms with van der Waals surface area (Å²) < 4.78 is 6.13. The van der Waals surface area contributed by atoms with Crippen LogP contribution in [0.2, 0.25) is 0 Å². The van der Waals surface area contributed by atoms with Gasteiger partial charge >= 0.3 is 0 Å². The Morgan fingerprint density at radius 2 is 2.21 bits per heavy atom. The van der Waals surface area contributed by atoms with Crippen molar-refractivity contribution in [1.29, 1.82) is 0 Å². The Hall–Kier alpha value is -1.88. The number of nitrogens with zero attached hydrogens (tertiary/aromatic N) is 1. The molecule has 19 heavy (non-hydrogen) atoms. The van der Waals surface area contributed by atoms with Crippen molar-refractivity contribution in [3.05, 3.63) is 52.3 Å². The van der Waals surface area contributed by atoms with Crippen molar-refractivity contribution in [2.45, 2.75) is 6.92 Å². The molecule has 1 N–H and O–H groups in total. The van der Waals surface area contributed by atoms with Gasteiger partial charge in [0.15, 0.2) is 0 Å². The largest absolute Gasteiger partial charge is 0.496 e. The van der Waals surface area contributed by atoms with Crippen molar-refractivity contribution in [1.82, 2.24) is 4.98 Å². The summed E-state index contributed by atoms with van der Waals surface area (Å²) in [5, 5.41) is 2.79. The third-order valence-electron chi connectivity index (χ3n) is 2.61. The lowest BCUT2D eigenvalue weighted by Crippen LogP contribution is -2.14. The van der Waals surface area contributed by atoms with Crippen LogP contribution >= 0.6 is 15.9 Å². The van der Waals surface area contributed by atoms with Gasteiger partial charge in [-0.2, -0.15) is 0 Å². The maximum Gasteiger partial charge on any atom is 0.259 e. The molecular weight excluding hydrogens is 308 g/mol. The first-order chi connectivity index (χ1) is 9.11. The molecule has 2 aromatic rings. The van der Waals surface area contributed by atoms with Crippen molar-refractivity contribution in [3.8, 4) is 5.75 Å². The van der Waals surface area contributed by atoms with E-state index < -0.39 is 0 Å². The summed E-state index contributed by atoms with van der Waals surface area (Å²) in [7, 11) is 1.55. The van der Waals surface area contributed by atoms with E-state index in [0.717, 1.165) is 10.0 Å². The van der Waals surface area contributed by atoms with E-state index in [1.54, 1.807) is 37.7 Å². The number of aromatic nitrogens is 1. The molecule has 0 unspecified atom stereocenters. The van der Waals surface area contributed by atoms with Crippen LogP contribution in [0.5, 0.6) is 5.75 Å². The molecule has 0 spiro atoms. The number of ether oxygens (including phenoxy) is 1. The number of rotatable bonds is 3. The lowest BCUT2D eigenvalue weighted by molar-refractivity contribution is 0.102. The SMILES string of the molecule is COc1c(C)cc(Br)cc1C(=O)Nc1cccnc1. The van der Waals surface area contributed by atoms with Gasteiger partial charge in [-0.15, -0.1) is 0 Å². The molecule has 0 saturated heterocycles. The van der Waals surface area contributed by atoms with Crippen LogP contribution in [0.25, 0.3) is 0 Å². The molecule has 5 heteroatoms. The van der Waals surface area contributed by atoms with E-state index in [9.17, 15) is 4.79 Å². The van der Waals surface area contributed by atoms with Crippen LogP contribution < -0.4 is 10.1 Å². The van der Waals surface area contributed by atoms with Crippen LogP contribution in [0.4, 0.5) is 5.69 Å². The monoisotopic (exact) mass is 320 g/mol. The fourth-order valence-electron chi connectivity index (χ4n) is 1.80. The van der Waals surface area contributed by atoms with Crippen molar-refractivity contribution in [2.75, 3.05) is 12.4 Å². The number of methoxy groups -OCH3 is 1. The predicted octanol–water partition coefficient (Wildman–Crippen LogP) is 3.41. The number of halogens is 1. The van der Waals surface area contributed by atoms with Gasteiger partial charge in [-0.25, -0.2) is 0 Å². The fourth-order valence-corrected chi connectivity index (χ4v) is 2.38. The first-order valence-electron chi connectivity index (χ1n) is 5.67. The van der Waals surface area contributed by atoms with Gasteiger partial charge in [-0.1, -0.05) is 15.9 Å². The van der Waals surface area contributed by atoms with E-state index in [2.05, 4.69) is 26.2 Å². The number of benzene rings is 1. The quantitative estimate of drug-likeness (QED) is 0.942. The number of hydrogen-bond acceptors (Lipinski definition) is 3. The summed E-state index contributed by atoms with van der Waals surface area (Å²) >= 11 is 3.38. The average Bonchev–Trinajstić information content (AvgIpc) is 2.39. The Morgan fingerprint density at radius 1 is 1.42 bits per heavy atom. The zero-order valence-electron chi connectivity index (χ0n) is 10.6. The topological polar surface area (TPSA) is 51.2 Å². The molecule has 0 bridgehead atoms. The molecule has 98 valence electrons. The van der Waals surface area contributed by atoms with Gasteiger partial charge in [-0.3, -0.25) is 9.78 Å². The lowest BCUT2D eigenvalue weighted by Gasteiger charge is -2.12. The number of amides is 1. The highest BCUT2D eigenvalue weighted by Gasteiger charge is 2.15. The Labute approximate surface area is 119 Å². The second-order valence-corrected chi connectivity index (χ2v) is 4.91. The van der Waals surface area contributed by atoms with Gasteiger partial charge in [0.05, 0.1) is 24.6 Å². The smallest absolute Gasteiger partial charge is 0.259 e. The number of hydrogen-bond donors (Lipinski definition) is 1.